The van der Waals surface area contributed by atoms with Crippen LogP contribution < -0.4 is 0 Å². The van der Waals surface area contributed by atoms with Crippen molar-refractivity contribution < 1.29 is 9.72 Å². The van der Waals surface area contributed by atoms with Gasteiger partial charge in [-0.15, -0.1) is 0 Å². The molecule has 0 saturated carbocycles. The molecule has 0 amide bonds. The maximum Gasteiger partial charge on any atom is 0.279 e. The predicted molar refractivity (Wildman–Crippen MR) is 107 cm³/mol. The van der Waals surface area contributed by atoms with Crippen molar-refractivity contribution >= 4 is 5.78 Å². The minimum atomic E-state index is -0.688. The number of nitrogens with zero attached hydrogens (tertiary/aromatic N) is 2. The molecule has 0 aromatic heterocycles. The van der Waals surface area contributed by atoms with Crippen LogP contribution in [0.2, 0.25) is 0 Å². The van der Waals surface area contributed by atoms with E-state index >= 15 is 0 Å². The van der Waals surface area contributed by atoms with Crippen molar-refractivity contribution in [2.45, 2.75) is 25.3 Å². The van der Waals surface area contributed by atoms with Crippen LogP contribution in [-0.2, 0) is 6.42 Å². The van der Waals surface area contributed by atoms with Crippen molar-refractivity contribution in [3.63, 3.8) is 0 Å². The SMILES string of the molecule is CCc1ccc(C(=O)C2C(c3ccccc3)C([N+](=O)[O-])=C3C=CC=CN32)cc1. The minimum Gasteiger partial charge on any atom is -0.331 e. The number of benzene rings is 2. The summed E-state index contributed by atoms with van der Waals surface area (Å²) in [6.45, 7) is 2.06. The van der Waals surface area contributed by atoms with Crippen molar-refractivity contribution in [3.05, 3.63) is 117 Å². The molecule has 28 heavy (non-hydrogen) atoms. The number of carbonyl (C=O) groups is 1. The van der Waals surface area contributed by atoms with Gasteiger partial charge in [0, 0.05) is 11.8 Å². The van der Waals surface area contributed by atoms with Crippen molar-refractivity contribution in [2.75, 3.05) is 0 Å². The average molecular weight is 372 g/mol. The Morgan fingerprint density at radius 1 is 1.07 bits per heavy atom. The van der Waals surface area contributed by atoms with Crippen molar-refractivity contribution in [1.29, 1.82) is 0 Å². The summed E-state index contributed by atoms with van der Waals surface area (Å²) < 4.78 is 0. The van der Waals surface area contributed by atoms with Gasteiger partial charge in [0.15, 0.2) is 5.78 Å². The fourth-order valence-corrected chi connectivity index (χ4v) is 3.95. The molecule has 5 nitrogen and oxygen atoms in total. The highest BCUT2D eigenvalue weighted by molar-refractivity contribution is 6.02. The zero-order valence-electron chi connectivity index (χ0n) is 15.5. The monoisotopic (exact) mass is 372 g/mol. The molecule has 0 radical (unpaired) electrons. The van der Waals surface area contributed by atoms with Crippen molar-refractivity contribution in [1.82, 2.24) is 4.90 Å². The number of rotatable bonds is 5. The van der Waals surface area contributed by atoms with Crippen LogP contribution in [0.5, 0.6) is 0 Å². The molecule has 2 aromatic rings. The molecular weight excluding hydrogens is 352 g/mol. The molecule has 2 heterocycles. The molecule has 2 aliphatic rings. The van der Waals surface area contributed by atoms with E-state index in [1.165, 1.54) is 0 Å². The summed E-state index contributed by atoms with van der Waals surface area (Å²) >= 11 is 0. The van der Waals surface area contributed by atoms with Gasteiger partial charge >= 0.3 is 0 Å². The molecular formula is C23H20N2O3. The Labute approximate surface area is 163 Å². The maximum atomic E-state index is 13.5. The van der Waals surface area contributed by atoms with Gasteiger partial charge in [0.1, 0.15) is 17.7 Å². The van der Waals surface area contributed by atoms with E-state index in [0.29, 0.717) is 11.3 Å². The second-order valence-corrected chi connectivity index (χ2v) is 6.88. The third kappa shape index (κ3) is 2.95. The first-order chi connectivity index (χ1) is 13.6. The predicted octanol–water partition coefficient (Wildman–Crippen LogP) is 4.47. The Morgan fingerprint density at radius 2 is 1.79 bits per heavy atom. The van der Waals surface area contributed by atoms with Gasteiger partial charge in [-0.2, -0.15) is 0 Å². The summed E-state index contributed by atoms with van der Waals surface area (Å²) in [5.74, 6) is -0.761. The van der Waals surface area contributed by atoms with Gasteiger partial charge in [-0.25, -0.2) is 0 Å². The molecule has 2 aromatic carbocycles. The van der Waals surface area contributed by atoms with E-state index in [9.17, 15) is 14.9 Å². The lowest BCUT2D eigenvalue weighted by Crippen LogP contribution is -2.37. The van der Waals surface area contributed by atoms with E-state index in [0.717, 1.165) is 17.5 Å². The van der Waals surface area contributed by atoms with Crippen LogP contribution in [0.25, 0.3) is 0 Å². The zero-order chi connectivity index (χ0) is 19.7. The van der Waals surface area contributed by atoms with Gasteiger partial charge in [-0.05, 0) is 29.7 Å². The Morgan fingerprint density at radius 3 is 2.43 bits per heavy atom. The Bertz CT molecular complexity index is 1000. The van der Waals surface area contributed by atoms with Crippen LogP contribution in [-0.4, -0.2) is 21.6 Å². The molecule has 0 spiro atoms. The number of nitro groups is 1. The highest BCUT2D eigenvalue weighted by Gasteiger charge is 2.50. The summed E-state index contributed by atoms with van der Waals surface area (Å²) in [6, 6.07) is 16.1. The molecule has 0 N–H and O–H groups in total. The summed E-state index contributed by atoms with van der Waals surface area (Å²) in [7, 11) is 0. The van der Waals surface area contributed by atoms with E-state index in [2.05, 4.69) is 6.92 Å². The van der Waals surface area contributed by atoms with Crippen molar-refractivity contribution in [3.8, 4) is 0 Å². The fourth-order valence-electron chi connectivity index (χ4n) is 3.95. The highest BCUT2D eigenvalue weighted by atomic mass is 16.6. The summed E-state index contributed by atoms with van der Waals surface area (Å²) in [6.07, 6.45) is 7.92. The van der Waals surface area contributed by atoms with E-state index < -0.39 is 12.0 Å². The maximum absolute atomic E-state index is 13.5. The quantitative estimate of drug-likeness (QED) is 0.441. The molecule has 0 saturated heterocycles. The summed E-state index contributed by atoms with van der Waals surface area (Å²) in [5.41, 5.74) is 3.02. The third-order valence-corrected chi connectivity index (χ3v) is 5.33. The number of ketones is 1. The molecule has 0 bridgehead atoms. The highest BCUT2D eigenvalue weighted by Crippen LogP contribution is 2.44. The fraction of sp³-hybridized carbons (Fsp3) is 0.174. The number of allylic oxidation sites excluding steroid dienone is 3. The molecule has 0 aliphatic carbocycles. The number of hydrogen-bond acceptors (Lipinski definition) is 4. The van der Waals surface area contributed by atoms with Crippen LogP contribution in [0, 0.1) is 10.1 Å². The topological polar surface area (TPSA) is 63.4 Å². The van der Waals surface area contributed by atoms with E-state index in [1.807, 2.05) is 54.6 Å². The van der Waals surface area contributed by atoms with Gasteiger partial charge in [0.2, 0.25) is 0 Å². The second-order valence-electron chi connectivity index (χ2n) is 6.88. The minimum absolute atomic E-state index is 0.0651. The second kappa shape index (κ2) is 7.27. The number of hydrogen-bond donors (Lipinski definition) is 0. The molecule has 2 atom stereocenters. The Kier molecular flexibility index (Phi) is 4.65. The molecule has 5 heteroatoms. The number of aryl methyl sites for hydroxylation is 1. The number of Topliss-reactive ketones (excluding diaryl/α,β-unsaturated/α-hetero) is 1. The molecule has 2 unspecified atom stereocenters. The van der Waals surface area contributed by atoms with E-state index in [4.69, 9.17) is 0 Å². The molecule has 0 fully saturated rings. The van der Waals surface area contributed by atoms with Crippen LogP contribution in [0.4, 0.5) is 0 Å². The third-order valence-electron chi connectivity index (χ3n) is 5.33. The van der Waals surface area contributed by atoms with E-state index in [-0.39, 0.29) is 16.4 Å². The van der Waals surface area contributed by atoms with Gasteiger partial charge < -0.3 is 4.90 Å². The first-order valence-electron chi connectivity index (χ1n) is 9.31. The first-order valence-corrected chi connectivity index (χ1v) is 9.31. The average Bonchev–Trinajstić information content (AvgIpc) is 3.09. The molecule has 140 valence electrons. The smallest absolute Gasteiger partial charge is 0.279 e. The van der Waals surface area contributed by atoms with Crippen molar-refractivity contribution in [2.24, 2.45) is 0 Å². The standard InChI is InChI=1S/C23H20N2O3/c1-2-16-11-13-18(14-12-16)23(26)22-20(17-8-4-3-5-9-17)21(25(27)28)19-10-6-7-15-24(19)22/h3-15,20,22H,2H2,1H3. The van der Waals surface area contributed by atoms with Gasteiger partial charge in [-0.3, -0.25) is 14.9 Å². The van der Waals surface area contributed by atoms with Crippen LogP contribution in [0.3, 0.4) is 0 Å². The lowest BCUT2D eigenvalue weighted by molar-refractivity contribution is -0.429. The normalized spacial score (nSPS) is 20.4. The Balaban J connectivity index is 1.84. The van der Waals surface area contributed by atoms with Gasteiger partial charge in [0.05, 0.1) is 4.92 Å². The van der Waals surface area contributed by atoms with Crippen LogP contribution in [0.1, 0.15) is 34.3 Å². The lowest BCUT2D eigenvalue weighted by atomic mass is 9.86. The molecule has 4 rings (SSSR count). The summed E-state index contributed by atoms with van der Waals surface area (Å²) in [4.78, 5) is 26.9. The van der Waals surface area contributed by atoms with E-state index in [1.54, 1.807) is 29.3 Å². The number of fused-ring (bicyclic) bond motifs is 1. The van der Waals surface area contributed by atoms with Gasteiger partial charge in [-0.1, -0.05) is 67.6 Å². The molecule has 2 aliphatic heterocycles. The first kappa shape index (κ1) is 17.9. The largest absolute Gasteiger partial charge is 0.331 e. The van der Waals surface area contributed by atoms with Crippen LogP contribution >= 0.6 is 0 Å². The zero-order valence-corrected chi connectivity index (χ0v) is 15.5. The summed E-state index contributed by atoms with van der Waals surface area (Å²) in [5, 5.41) is 12.0. The number of carbonyl (C=O) groups excluding carboxylic acids is 1. The lowest BCUT2D eigenvalue weighted by Gasteiger charge is -2.27. The van der Waals surface area contributed by atoms with Crippen LogP contribution in [0.15, 0.2) is 90.4 Å². The van der Waals surface area contributed by atoms with Gasteiger partial charge in [0.25, 0.3) is 5.70 Å². The Hall–Kier alpha value is -3.47.